The lowest BCUT2D eigenvalue weighted by Gasteiger charge is -2.38. The van der Waals surface area contributed by atoms with Crippen LogP contribution in [0.5, 0.6) is 0 Å². The Morgan fingerprint density at radius 2 is 1.72 bits per heavy atom. The molecular formula is C18H36F2N2O5SSi. The summed E-state index contributed by atoms with van der Waals surface area (Å²) < 4.78 is 67.5. The van der Waals surface area contributed by atoms with E-state index in [2.05, 4.69) is 0 Å². The number of alkyl halides is 2. The molecule has 0 unspecified atom stereocenters. The molecule has 29 heavy (non-hydrogen) atoms. The quantitative estimate of drug-likeness (QED) is 0.615. The molecule has 11 heteroatoms. The Bertz CT molecular complexity index is 702. The third-order valence-corrected chi connectivity index (χ3v) is 11.3. The number of nitrogens with one attached hydrogen (secondary N) is 1. The van der Waals surface area contributed by atoms with Crippen LogP contribution < -0.4 is 4.72 Å². The van der Waals surface area contributed by atoms with E-state index in [0.717, 1.165) is 4.90 Å². The Kier molecular flexibility index (Phi) is 7.60. The maximum atomic E-state index is 15.2. The molecule has 1 heterocycles. The van der Waals surface area contributed by atoms with Crippen molar-refractivity contribution < 1.29 is 31.2 Å². The zero-order valence-electron chi connectivity index (χ0n) is 18.9. The number of likely N-dealkylation sites (tertiary alicyclic amines) is 1. The second-order valence-electron chi connectivity index (χ2n) is 9.97. The fraction of sp³-hybridized carbons (Fsp3) is 0.944. The molecule has 1 rings (SSSR count). The summed E-state index contributed by atoms with van der Waals surface area (Å²) in [5.74, 6) is -3.85. The van der Waals surface area contributed by atoms with Crippen LogP contribution in [0.3, 0.4) is 0 Å². The van der Waals surface area contributed by atoms with Crippen molar-refractivity contribution in [1.29, 1.82) is 0 Å². The van der Waals surface area contributed by atoms with Crippen molar-refractivity contribution in [1.82, 2.24) is 9.62 Å². The van der Waals surface area contributed by atoms with Gasteiger partial charge in [-0.3, -0.25) is 4.90 Å². The minimum Gasteiger partial charge on any atom is -0.444 e. The lowest BCUT2D eigenvalue weighted by atomic mass is 10.1. The molecule has 172 valence electrons. The number of rotatable bonds is 6. The van der Waals surface area contributed by atoms with E-state index in [4.69, 9.17) is 9.16 Å². The van der Waals surface area contributed by atoms with Crippen molar-refractivity contribution in [3.8, 4) is 0 Å². The minimum atomic E-state index is -3.89. The van der Waals surface area contributed by atoms with Gasteiger partial charge in [-0.05, 0) is 45.8 Å². The van der Waals surface area contributed by atoms with Gasteiger partial charge in [-0.2, -0.15) is 0 Å². The van der Waals surface area contributed by atoms with Gasteiger partial charge < -0.3 is 9.16 Å². The number of sulfonamides is 1. The molecule has 0 radical (unpaired) electrons. The number of carbonyl (C=O) groups excluding carboxylic acids is 1. The van der Waals surface area contributed by atoms with Crippen LogP contribution in [-0.4, -0.2) is 70.2 Å². The molecule has 2 atom stereocenters. The minimum absolute atomic E-state index is 0.208. The first-order chi connectivity index (χ1) is 12.7. The average molecular weight is 459 g/mol. The number of halogens is 2. The summed E-state index contributed by atoms with van der Waals surface area (Å²) in [4.78, 5) is 13.5. The van der Waals surface area contributed by atoms with Gasteiger partial charge in [0.2, 0.25) is 10.0 Å². The van der Waals surface area contributed by atoms with Crippen LogP contribution in [-0.2, 0) is 19.2 Å². The van der Waals surface area contributed by atoms with Gasteiger partial charge in [0.05, 0.1) is 12.4 Å². The number of carbonyl (C=O) groups is 1. The van der Waals surface area contributed by atoms with E-state index in [0.29, 0.717) is 0 Å². The molecule has 1 N–H and O–H groups in total. The monoisotopic (exact) mass is 458 g/mol. The topological polar surface area (TPSA) is 84.9 Å². The second kappa shape index (κ2) is 8.39. The van der Waals surface area contributed by atoms with Crippen molar-refractivity contribution in [2.75, 3.05) is 18.9 Å². The summed E-state index contributed by atoms with van der Waals surface area (Å²) in [6, 6.07) is -3.37. The lowest BCUT2D eigenvalue weighted by Crippen LogP contribution is -2.53. The highest BCUT2D eigenvalue weighted by Crippen LogP contribution is 2.40. The number of hydrogen-bond donors (Lipinski definition) is 1. The van der Waals surface area contributed by atoms with Crippen LogP contribution in [0.1, 0.15) is 48.5 Å². The van der Waals surface area contributed by atoms with E-state index < -0.39 is 61.2 Å². The highest BCUT2D eigenvalue weighted by atomic mass is 32.2. The molecule has 0 aromatic carbocycles. The Labute approximate surface area is 174 Å². The zero-order valence-corrected chi connectivity index (χ0v) is 20.7. The predicted octanol–water partition coefficient (Wildman–Crippen LogP) is 3.57. The summed E-state index contributed by atoms with van der Waals surface area (Å²) >= 11 is 0. The Balaban J connectivity index is 3.20. The highest BCUT2D eigenvalue weighted by molar-refractivity contribution is 7.89. The van der Waals surface area contributed by atoms with Crippen molar-refractivity contribution in [2.45, 2.75) is 90.2 Å². The first-order valence-corrected chi connectivity index (χ1v) is 14.3. The van der Waals surface area contributed by atoms with E-state index in [1.807, 2.05) is 38.6 Å². The zero-order chi connectivity index (χ0) is 23.1. The normalized spacial score (nSPS) is 23.3. The molecule has 0 saturated carbocycles. The van der Waals surface area contributed by atoms with E-state index in [1.54, 1.807) is 20.8 Å². The average Bonchev–Trinajstić information content (AvgIpc) is 2.73. The van der Waals surface area contributed by atoms with E-state index in [1.165, 1.54) is 6.92 Å². The van der Waals surface area contributed by atoms with Gasteiger partial charge in [0, 0.05) is 6.54 Å². The lowest BCUT2D eigenvalue weighted by molar-refractivity contribution is -0.0639. The van der Waals surface area contributed by atoms with Crippen LogP contribution in [0.15, 0.2) is 0 Å². The SMILES string of the molecule is CCS(=O)(=O)N[C@@H]1CN(C(=O)OC(C)(C)C)[C@H](CO[Si](C)(C)C(C)(C)C)C1(F)F. The van der Waals surface area contributed by atoms with Gasteiger partial charge in [-0.25, -0.2) is 26.7 Å². The first-order valence-electron chi connectivity index (χ1n) is 9.75. The molecule has 1 fully saturated rings. The fourth-order valence-corrected chi connectivity index (χ4v) is 4.37. The predicted molar refractivity (Wildman–Crippen MR) is 111 cm³/mol. The maximum Gasteiger partial charge on any atom is 0.410 e. The Morgan fingerprint density at radius 3 is 2.14 bits per heavy atom. The number of amides is 1. The molecule has 0 spiro atoms. The first kappa shape index (κ1) is 26.3. The van der Waals surface area contributed by atoms with Crippen LogP contribution in [0.2, 0.25) is 18.1 Å². The van der Waals surface area contributed by atoms with Crippen molar-refractivity contribution in [2.24, 2.45) is 0 Å². The molecule has 1 amide bonds. The van der Waals surface area contributed by atoms with Crippen molar-refractivity contribution in [3.63, 3.8) is 0 Å². The van der Waals surface area contributed by atoms with Crippen molar-refractivity contribution >= 4 is 24.4 Å². The summed E-state index contributed by atoms with van der Waals surface area (Å²) in [5, 5.41) is -0.208. The van der Waals surface area contributed by atoms with Gasteiger partial charge in [0.15, 0.2) is 8.32 Å². The number of ether oxygens (including phenoxy) is 1. The molecule has 1 aliphatic heterocycles. The summed E-state index contributed by atoms with van der Waals surface area (Å²) in [6.45, 7) is 15.2. The highest BCUT2D eigenvalue weighted by Gasteiger charge is 2.60. The molecule has 1 aliphatic rings. The molecule has 1 saturated heterocycles. The molecule has 0 aliphatic carbocycles. The van der Waals surface area contributed by atoms with Crippen LogP contribution in [0.4, 0.5) is 13.6 Å². The van der Waals surface area contributed by atoms with E-state index in [-0.39, 0.29) is 10.8 Å². The second-order valence-corrected chi connectivity index (χ2v) is 16.8. The fourth-order valence-electron chi connectivity index (χ4n) is 2.53. The largest absolute Gasteiger partial charge is 0.444 e. The van der Waals surface area contributed by atoms with Crippen molar-refractivity contribution in [3.05, 3.63) is 0 Å². The van der Waals surface area contributed by atoms with Gasteiger partial charge in [-0.15, -0.1) is 0 Å². The third kappa shape index (κ3) is 6.60. The van der Waals surface area contributed by atoms with Gasteiger partial charge in [0.1, 0.15) is 17.7 Å². The van der Waals surface area contributed by atoms with E-state index >= 15 is 8.78 Å². The Morgan fingerprint density at radius 1 is 1.21 bits per heavy atom. The van der Waals surface area contributed by atoms with Crippen LogP contribution in [0.25, 0.3) is 0 Å². The van der Waals surface area contributed by atoms with Crippen LogP contribution in [0, 0.1) is 0 Å². The summed E-state index contributed by atoms with van der Waals surface area (Å²) in [6.07, 6.45) is -0.917. The van der Waals surface area contributed by atoms with Crippen LogP contribution >= 0.6 is 0 Å². The number of nitrogens with zero attached hydrogens (tertiary/aromatic N) is 1. The van der Waals surface area contributed by atoms with E-state index in [9.17, 15) is 13.2 Å². The molecule has 7 nitrogen and oxygen atoms in total. The maximum absolute atomic E-state index is 15.2. The number of hydrogen-bond acceptors (Lipinski definition) is 5. The van der Waals surface area contributed by atoms with Gasteiger partial charge in [0.25, 0.3) is 5.92 Å². The van der Waals surface area contributed by atoms with Gasteiger partial charge in [-0.1, -0.05) is 20.8 Å². The molecule has 0 aromatic rings. The van der Waals surface area contributed by atoms with Gasteiger partial charge >= 0.3 is 6.09 Å². The summed E-state index contributed by atoms with van der Waals surface area (Å²) in [5.41, 5.74) is -0.877. The Hall–Kier alpha value is -0.783. The third-order valence-electron chi connectivity index (χ3n) is 5.40. The summed E-state index contributed by atoms with van der Waals surface area (Å²) in [7, 11) is -6.26. The smallest absolute Gasteiger partial charge is 0.410 e. The molecular weight excluding hydrogens is 422 g/mol. The molecule has 0 aromatic heterocycles. The standard InChI is InChI=1S/C18H36F2N2O5SSi/c1-10-28(24,25)21-13-11-22(15(23)27-16(2,3)4)14(18(13,19)20)12-26-29(8,9)17(5,6)7/h13-14,21H,10-12H2,1-9H3/t13-,14-/m1/s1. The molecule has 0 bridgehead atoms.